The van der Waals surface area contributed by atoms with E-state index in [4.69, 9.17) is 11.6 Å². The second-order valence-corrected chi connectivity index (χ2v) is 6.13. The second-order valence-electron chi connectivity index (χ2n) is 3.81. The average molecular weight is 303 g/mol. The molecule has 0 unspecified atom stereocenters. The van der Waals surface area contributed by atoms with Crippen molar-refractivity contribution in [3.05, 3.63) is 41.9 Å². The predicted octanol–water partition coefficient (Wildman–Crippen LogP) is 1.41. The van der Waals surface area contributed by atoms with Gasteiger partial charge in [0.15, 0.2) is 0 Å². The highest BCUT2D eigenvalue weighted by molar-refractivity contribution is 7.92. The number of nitrogens with one attached hydrogen (secondary N) is 1. The van der Waals surface area contributed by atoms with E-state index in [2.05, 4.69) is 11.9 Å². The highest BCUT2D eigenvalue weighted by atomic mass is 35.5. The molecule has 0 saturated heterocycles. The number of amides is 1. The molecule has 1 aromatic rings. The van der Waals surface area contributed by atoms with Gasteiger partial charge < -0.3 is 5.32 Å². The summed E-state index contributed by atoms with van der Waals surface area (Å²) in [5.74, 6) is -0.426. The Morgan fingerprint density at radius 2 is 2.11 bits per heavy atom. The maximum atomic E-state index is 11.8. The lowest BCUT2D eigenvalue weighted by atomic mass is 10.3. The van der Waals surface area contributed by atoms with Crippen LogP contribution in [0.5, 0.6) is 0 Å². The number of rotatable bonds is 6. The van der Waals surface area contributed by atoms with Crippen molar-refractivity contribution in [1.29, 1.82) is 0 Å². The van der Waals surface area contributed by atoms with Gasteiger partial charge in [-0.1, -0.05) is 29.8 Å². The van der Waals surface area contributed by atoms with Crippen molar-refractivity contribution in [2.45, 2.75) is 0 Å². The van der Waals surface area contributed by atoms with Gasteiger partial charge in [0.2, 0.25) is 15.9 Å². The Kier molecular flexibility index (Phi) is 5.38. The number of carbonyl (C=O) groups excluding carboxylic acids is 1. The number of benzene rings is 1. The molecule has 0 fully saturated rings. The molecule has 0 aromatic heterocycles. The van der Waals surface area contributed by atoms with Crippen LogP contribution in [0.2, 0.25) is 5.02 Å². The lowest BCUT2D eigenvalue weighted by Crippen LogP contribution is -2.40. The minimum absolute atomic E-state index is 0.268. The number of nitrogens with zero attached hydrogens (tertiary/aromatic N) is 1. The van der Waals surface area contributed by atoms with Crippen LogP contribution in [-0.4, -0.2) is 33.7 Å². The third kappa shape index (κ3) is 4.57. The lowest BCUT2D eigenvalue weighted by Gasteiger charge is -2.22. The highest BCUT2D eigenvalue weighted by Gasteiger charge is 2.22. The van der Waals surface area contributed by atoms with Gasteiger partial charge in [0.1, 0.15) is 6.54 Å². The van der Waals surface area contributed by atoms with Crippen LogP contribution in [0, 0.1) is 0 Å². The maximum absolute atomic E-state index is 11.8. The molecule has 19 heavy (non-hydrogen) atoms. The first-order valence-electron chi connectivity index (χ1n) is 5.46. The number of sulfonamides is 1. The molecule has 1 aromatic carbocycles. The topological polar surface area (TPSA) is 66.5 Å². The molecule has 1 N–H and O–H groups in total. The van der Waals surface area contributed by atoms with E-state index in [1.165, 1.54) is 6.08 Å². The molecule has 1 amide bonds. The molecule has 0 bridgehead atoms. The number of carbonyl (C=O) groups is 1. The van der Waals surface area contributed by atoms with Crippen LogP contribution in [0.15, 0.2) is 36.9 Å². The minimum atomic E-state index is -3.60. The van der Waals surface area contributed by atoms with Gasteiger partial charge in [-0.3, -0.25) is 9.10 Å². The van der Waals surface area contributed by atoms with Crippen LogP contribution in [-0.2, 0) is 14.8 Å². The number of anilines is 1. The molecular formula is C12H15ClN2O3S. The van der Waals surface area contributed by atoms with Gasteiger partial charge in [-0.25, -0.2) is 8.42 Å². The van der Waals surface area contributed by atoms with Gasteiger partial charge in [-0.15, -0.1) is 6.58 Å². The smallest absolute Gasteiger partial charge is 0.241 e. The molecule has 0 aliphatic carbocycles. The molecule has 0 saturated carbocycles. The zero-order valence-corrected chi connectivity index (χ0v) is 12.0. The highest BCUT2D eigenvalue weighted by Crippen LogP contribution is 2.26. The quantitative estimate of drug-likeness (QED) is 0.808. The summed E-state index contributed by atoms with van der Waals surface area (Å²) in [6.45, 7) is 3.42. The van der Waals surface area contributed by atoms with Gasteiger partial charge in [0.25, 0.3) is 0 Å². The van der Waals surface area contributed by atoms with Gasteiger partial charge in [0, 0.05) is 6.54 Å². The molecular weight excluding hydrogens is 288 g/mol. The second kappa shape index (κ2) is 6.58. The number of halogens is 1. The van der Waals surface area contributed by atoms with Crippen LogP contribution >= 0.6 is 11.6 Å². The van der Waals surface area contributed by atoms with Gasteiger partial charge in [-0.05, 0) is 12.1 Å². The summed E-state index contributed by atoms with van der Waals surface area (Å²) in [6.07, 6.45) is 2.54. The van der Waals surface area contributed by atoms with Gasteiger partial charge in [-0.2, -0.15) is 0 Å². The van der Waals surface area contributed by atoms with E-state index in [1.807, 2.05) is 0 Å². The lowest BCUT2D eigenvalue weighted by molar-refractivity contribution is -0.119. The number of hydrogen-bond acceptors (Lipinski definition) is 3. The van der Waals surface area contributed by atoms with E-state index in [0.717, 1.165) is 10.6 Å². The molecule has 1 rings (SSSR count). The SMILES string of the molecule is C=CCNC(=O)CN(c1ccccc1Cl)S(C)(=O)=O. The Bertz CT molecular complexity index is 572. The fourth-order valence-corrected chi connectivity index (χ4v) is 2.56. The van der Waals surface area contributed by atoms with E-state index in [1.54, 1.807) is 24.3 Å². The van der Waals surface area contributed by atoms with E-state index in [0.29, 0.717) is 0 Å². The molecule has 0 aliphatic rings. The van der Waals surface area contributed by atoms with Crippen LogP contribution in [0.25, 0.3) is 0 Å². The van der Waals surface area contributed by atoms with E-state index in [-0.39, 0.29) is 23.8 Å². The Labute approximate surface area is 117 Å². The standard InChI is InChI=1S/C12H15ClN2O3S/c1-3-8-14-12(16)9-15(19(2,17)18)11-7-5-4-6-10(11)13/h3-7H,1,8-9H2,2H3,(H,14,16). The van der Waals surface area contributed by atoms with Crippen LogP contribution in [0.1, 0.15) is 0 Å². The Morgan fingerprint density at radius 1 is 1.47 bits per heavy atom. The molecule has 0 heterocycles. The Hall–Kier alpha value is -1.53. The predicted molar refractivity (Wildman–Crippen MR) is 76.8 cm³/mol. The minimum Gasteiger partial charge on any atom is -0.351 e. The zero-order chi connectivity index (χ0) is 14.5. The van der Waals surface area contributed by atoms with Gasteiger partial charge in [0.05, 0.1) is 17.0 Å². The largest absolute Gasteiger partial charge is 0.351 e. The van der Waals surface area contributed by atoms with Crippen molar-refractivity contribution in [3.63, 3.8) is 0 Å². The summed E-state index contributed by atoms with van der Waals surface area (Å²) in [5, 5.41) is 2.79. The summed E-state index contributed by atoms with van der Waals surface area (Å²) in [7, 11) is -3.60. The third-order valence-corrected chi connectivity index (χ3v) is 3.70. The molecule has 7 heteroatoms. The number of para-hydroxylation sites is 1. The van der Waals surface area contributed by atoms with Gasteiger partial charge >= 0.3 is 0 Å². The number of hydrogen-bond donors (Lipinski definition) is 1. The molecule has 5 nitrogen and oxygen atoms in total. The fraction of sp³-hybridized carbons (Fsp3) is 0.250. The zero-order valence-electron chi connectivity index (χ0n) is 10.5. The van der Waals surface area contributed by atoms with E-state index < -0.39 is 15.9 Å². The van der Waals surface area contributed by atoms with Crippen LogP contribution < -0.4 is 9.62 Å². The summed E-state index contributed by atoms with van der Waals surface area (Å²) in [4.78, 5) is 11.6. The first-order valence-corrected chi connectivity index (χ1v) is 7.68. The first-order chi connectivity index (χ1) is 8.86. The fourth-order valence-electron chi connectivity index (χ4n) is 1.41. The normalized spacial score (nSPS) is 10.8. The summed E-state index contributed by atoms with van der Waals surface area (Å²) < 4.78 is 24.5. The van der Waals surface area contributed by atoms with Crippen molar-refractivity contribution in [2.24, 2.45) is 0 Å². The maximum Gasteiger partial charge on any atom is 0.241 e. The van der Waals surface area contributed by atoms with Crippen molar-refractivity contribution in [1.82, 2.24) is 5.32 Å². The summed E-state index contributed by atoms with van der Waals surface area (Å²) >= 11 is 5.96. The third-order valence-electron chi connectivity index (χ3n) is 2.25. The van der Waals surface area contributed by atoms with Crippen LogP contribution in [0.4, 0.5) is 5.69 Å². The average Bonchev–Trinajstić information content (AvgIpc) is 2.33. The van der Waals surface area contributed by atoms with Crippen LogP contribution in [0.3, 0.4) is 0 Å². The first kappa shape index (κ1) is 15.5. The molecule has 0 aliphatic heterocycles. The summed E-state index contributed by atoms with van der Waals surface area (Å²) in [6, 6.07) is 6.45. The molecule has 104 valence electrons. The van der Waals surface area contributed by atoms with Crippen molar-refractivity contribution >= 4 is 33.2 Å². The summed E-state index contributed by atoms with van der Waals surface area (Å²) in [5.41, 5.74) is 0.278. The van der Waals surface area contributed by atoms with E-state index >= 15 is 0 Å². The van der Waals surface area contributed by atoms with Crippen molar-refractivity contribution in [3.8, 4) is 0 Å². The molecule has 0 atom stereocenters. The Morgan fingerprint density at radius 3 is 2.63 bits per heavy atom. The van der Waals surface area contributed by atoms with Crippen molar-refractivity contribution < 1.29 is 13.2 Å². The van der Waals surface area contributed by atoms with E-state index in [9.17, 15) is 13.2 Å². The Balaban J connectivity index is 3.01. The monoisotopic (exact) mass is 302 g/mol. The van der Waals surface area contributed by atoms with Crippen molar-refractivity contribution in [2.75, 3.05) is 23.7 Å². The molecule has 0 spiro atoms. The molecule has 0 radical (unpaired) electrons.